The molecule has 152 valence electrons. The molecule has 0 unspecified atom stereocenters. The minimum absolute atomic E-state index is 0.0497. The number of imide groups is 1. The van der Waals surface area contributed by atoms with Gasteiger partial charge in [0.2, 0.25) is 17.7 Å². The number of thiophene rings is 1. The molecular weight excluding hydrogens is 398 g/mol. The average Bonchev–Trinajstić information content (AvgIpc) is 3.22. The highest BCUT2D eigenvalue weighted by Gasteiger charge is 2.47. The summed E-state index contributed by atoms with van der Waals surface area (Å²) in [5.41, 5.74) is 0. The number of nitrogens with zero attached hydrogens (tertiary/aromatic N) is 2. The summed E-state index contributed by atoms with van der Waals surface area (Å²) < 4.78 is 0.814. The molecule has 4 rings (SSSR count). The summed E-state index contributed by atoms with van der Waals surface area (Å²) in [6.45, 7) is 4.45. The van der Waals surface area contributed by atoms with Crippen molar-refractivity contribution in [1.82, 2.24) is 9.80 Å². The Hall–Kier alpha value is -1.44. The van der Waals surface area contributed by atoms with Crippen LogP contribution in [0.1, 0.15) is 37.0 Å². The standard InChI is InChI=1S/C20H26ClN3O3S/c21-17-6-5-14(28-17)13-22-9-11-23(12-10-22)18(25)7-8-24-19(26)15-3-1-2-4-16(15)20(24)27/h5-6,15-16H,1-4,7-13H2/p+1/t15-,16-/m1/s1. The molecule has 1 N–H and O–H groups in total. The van der Waals surface area contributed by atoms with Gasteiger partial charge in [0.1, 0.15) is 6.54 Å². The van der Waals surface area contributed by atoms with E-state index in [1.807, 2.05) is 11.0 Å². The highest BCUT2D eigenvalue weighted by Crippen LogP contribution is 2.38. The summed E-state index contributed by atoms with van der Waals surface area (Å²) in [6.07, 6.45) is 3.93. The van der Waals surface area contributed by atoms with Gasteiger partial charge in [-0.15, -0.1) is 11.3 Å². The Kier molecular flexibility index (Phi) is 6.04. The summed E-state index contributed by atoms with van der Waals surface area (Å²) in [5, 5.41) is 0. The van der Waals surface area contributed by atoms with E-state index in [0.29, 0.717) is 0 Å². The van der Waals surface area contributed by atoms with Crippen LogP contribution in [0, 0.1) is 11.8 Å². The second-order valence-corrected chi connectivity index (χ2v) is 9.89. The number of nitrogens with one attached hydrogen (secondary N) is 1. The number of fused-ring (bicyclic) bond motifs is 1. The van der Waals surface area contributed by atoms with Crippen LogP contribution in [0.2, 0.25) is 4.34 Å². The predicted octanol–water partition coefficient (Wildman–Crippen LogP) is 1.19. The Balaban J connectivity index is 1.24. The molecule has 0 aromatic carbocycles. The van der Waals surface area contributed by atoms with Gasteiger partial charge < -0.3 is 9.80 Å². The number of carbonyl (C=O) groups is 3. The fraction of sp³-hybridized carbons (Fsp3) is 0.650. The molecule has 3 amide bonds. The van der Waals surface area contributed by atoms with Crippen LogP contribution in [-0.2, 0) is 20.9 Å². The van der Waals surface area contributed by atoms with Gasteiger partial charge in [0.25, 0.3) is 0 Å². The second kappa shape index (κ2) is 8.51. The quantitative estimate of drug-likeness (QED) is 0.722. The molecule has 1 aromatic heterocycles. The summed E-state index contributed by atoms with van der Waals surface area (Å²) in [7, 11) is 0. The molecular formula is C20H27ClN3O3S+. The van der Waals surface area contributed by atoms with Crippen LogP contribution >= 0.6 is 22.9 Å². The first-order valence-electron chi connectivity index (χ1n) is 10.2. The molecule has 3 fully saturated rings. The molecule has 2 saturated heterocycles. The van der Waals surface area contributed by atoms with E-state index in [1.54, 1.807) is 11.3 Å². The first-order chi connectivity index (χ1) is 13.5. The number of amides is 3. The third kappa shape index (κ3) is 4.11. The van der Waals surface area contributed by atoms with Gasteiger partial charge in [-0.05, 0) is 25.0 Å². The van der Waals surface area contributed by atoms with Gasteiger partial charge in [-0.25, -0.2) is 0 Å². The van der Waals surface area contributed by atoms with Gasteiger partial charge in [-0.2, -0.15) is 0 Å². The lowest BCUT2D eigenvalue weighted by molar-refractivity contribution is -0.917. The Morgan fingerprint density at radius 1 is 1.11 bits per heavy atom. The molecule has 28 heavy (non-hydrogen) atoms. The van der Waals surface area contributed by atoms with Crippen molar-refractivity contribution >= 4 is 40.7 Å². The Morgan fingerprint density at radius 3 is 2.32 bits per heavy atom. The van der Waals surface area contributed by atoms with Crippen molar-refractivity contribution < 1.29 is 19.3 Å². The number of quaternary nitrogens is 1. The van der Waals surface area contributed by atoms with Crippen LogP contribution in [0.4, 0.5) is 0 Å². The fourth-order valence-electron chi connectivity index (χ4n) is 4.76. The molecule has 6 nitrogen and oxygen atoms in total. The number of carbonyl (C=O) groups excluding carboxylic acids is 3. The third-order valence-corrected chi connectivity index (χ3v) is 7.59. The topological polar surface area (TPSA) is 62.1 Å². The van der Waals surface area contributed by atoms with Crippen molar-refractivity contribution in [3.05, 3.63) is 21.3 Å². The van der Waals surface area contributed by atoms with Crippen LogP contribution in [0.15, 0.2) is 12.1 Å². The van der Waals surface area contributed by atoms with Crippen LogP contribution in [-0.4, -0.2) is 60.2 Å². The fourth-order valence-corrected chi connectivity index (χ4v) is 5.92. The van der Waals surface area contributed by atoms with Gasteiger partial charge in [0.05, 0.1) is 47.2 Å². The van der Waals surface area contributed by atoms with E-state index in [4.69, 9.17) is 11.6 Å². The van der Waals surface area contributed by atoms with Gasteiger partial charge in [0, 0.05) is 13.0 Å². The van der Waals surface area contributed by atoms with Crippen molar-refractivity contribution in [2.45, 2.75) is 38.6 Å². The molecule has 2 atom stereocenters. The van der Waals surface area contributed by atoms with Gasteiger partial charge in [-0.1, -0.05) is 24.4 Å². The van der Waals surface area contributed by atoms with Gasteiger partial charge in [-0.3, -0.25) is 19.3 Å². The summed E-state index contributed by atoms with van der Waals surface area (Å²) in [5.74, 6) is -0.310. The van der Waals surface area contributed by atoms with Crippen molar-refractivity contribution in [2.75, 3.05) is 32.7 Å². The Morgan fingerprint density at radius 2 is 1.75 bits per heavy atom. The lowest BCUT2D eigenvalue weighted by Crippen LogP contribution is -3.13. The lowest BCUT2D eigenvalue weighted by Gasteiger charge is -2.32. The Bertz CT molecular complexity index is 736. The van der Waals surface area contributed by atoms with Gasteiger partial charge in [0.15, 0.2) is 0 Å². The lowest BCUT2D eigenvalue weighted by atomic mass is 9.81. The van der Waals surface area contributed by atoms with Gasteiger partial charge >= 0.3 is 0 Å². The van der Waals surface area contributed by atoms with E-state index in [0.717, 1.165) is 62.7 Å². The normalized spacial score (nSPS) is 26.0. The molecule has 0 bridgehead atoms. The molecule has 1 aromatic rings. The smallest absolute Gasteiger partial charge is 0.233 e. The van der Waals surface area contributed by atoms with Crippen LogP contribution in [0.5, 0.6) is 0 Å². The van der Waals surface area contributed by atoms with Crippen LogP contribution < -0.4 is 4.90 Å². The zero-order valence-corrected chi connectivity index (χ0v) is 17.6. The van der Waals surface area contributed by atoms with E-state index in [1.165, 1.54) is 14.7 Å². The first kappa shape index (κ1) is 19.9. The Labute approximate surface area is 174 Å². The minimum atomic E-state index is -0.130. The van der Waals surface area contributed by atoms with E-state index < -0.39 is 0 Å². The summed E-state index contributed by atoms with van der Waals surface area (Å²) in [6, 6.07) is 4.00. The molecule has 8 heteroatoms. The molecule has 3 heterocycles. The number of hydrogen-bond donors (Lipinski definition) is 1. The molecule has 1 aliphatic carbocycles. The number of piperazine rings is 1. The number of rotatable bonds is 5. The van der Waals surface area contributed by atoms with Crippen molar-refractivity contribution in [1.29, 1.82) is 0 Å². The van der Waals surface area contributed by atoms with Crippen molar-refractivity contribution in [2.24, 2.45) is 11.8 Å². The van der Waals surface area contributed by atoms with E-state index >= 15 is 0 Å². The first-order valence-corrected chi connectivity index (χ1v) is 11.4. The van der Waals surface area contributed by atoms with Crippen LogP contribution in [0.25, 0.3) is 0 Å². The molecule has 2 aliphatic heterocycles. The maximum absolute atomic E-state index is 12.6. The van der Waals surface area contributed by atoms with Crippen LogP contribution in [0.3, 0.4) is 0 Å². The monoisotopic (exact) mass is 424 g/mol. The van der Waals surface area contributed by atoms with E-state index in [2.05, 4.69) is 6.07 Å². The van der Waals surface area contributed by atoms with E-state index in [-0.39, 0.29) is 42.5 Å². The molecule has 3 aliphatic rings. The second-order valence-electron chi connectivity index (χ2n) is 8.09. The summed E-state index contributed by atoms with van der Waals surface area (Å²) in [4.78, 5) is 43.6. The summed E-state index contributed by atoms with van der Waals surface area (Å²) >= 11 is 7.61. The maximum atomic E-state index is 12.6. The zero-order valence-electron chi connectivity index (χ0n) is 16.0. The molecule has 1 saturated carbocycles. The third-order valence-electron chi connectivity index (χ3n) is 6.36. The molecule has 0 radical (unpaired) electrons. The average molecular weight is 425 g/mol. The molecule has 0 spiro atoms. The number of likely N-dealkylation sites (tertiary alicyclic amines) is 1. The van der Waals surface area contributed by atoms with Crippen molar-refractivity contribution in [3.8, 4) is 0 Å². The number of halogens is 1. The highest BCUT2D eigenvalue weighted by molar-refractivity contribution is 7.16. The number of hydrogen-bond acceptors (Lipinski definition) is 4. The SMILES string of the molecule is O=C(CCN1C(=O)[C@@H]2CCCC[C@H]2C1=O)N1CC[NH+](Cc2ccc(Cl)s2)CC1. The minimum Gasteiger partial charge on any atom is -0.331 e. The maximum Gasteiger partial charge on any atom is 0.233 e. The van der Waals surface area contributed by atoms with E-state index in [9.17, 15) is 14.4 Å². The zero-order chi connectivity index (χ0) is 19.7. The van der Waals surface area contributed by atoms with Crippen molar-refractivity contribution in [3.63, 3.8) is 0 Å². The largest absolute Gasteiger partial charge is 0.331 e. The highest BCUT2D eigenvalue weighted by atomic mass is 35.5. The predicted molar refractivity (Wildman–Crippen MR) is 107 cm³/mol.